The lowest BCUT2D eigenvalue weighted by Gasteiger charge is -2.38. The molecular weight excluding hydrogens is 381 g/mol. The van der Waals surface area contributed by atoms with Crippen LogP contribution in [-0.2, 0) is 4.79 Å². The topological polar surface area (TPSA) is 73.9 Å². The average Bonchev–Trinajstić information content (AvgIpc) is 3.27. The molecule has 6 nitrogen and oxygen atoms in total. The van der Waals surface area contributed by atoms with Crippen molar-refractivity contribution in [3.05, 3.63) is 42.9 Å². The van der Waals surface area contributed by atoms with Crippen molar-refractivity contribution >= 4 is 22.5 Å². The van der Waals surface area contributed by atoms with Crippen molar-refractivity contribution in [2.24, 2.45) is 11.8 Å². The SMILES string of the molecule is O=C(Nc1cc2cc(-c3cn[nH]c3)ccc2cn1)[C@H]1CC[C@H](CN2CC(F)C2)CC1. The smallest absolute Gasteiger partial charge is 0.228 e. The van der Waals surface area contributed by atoms with Gasteiger partial charge in [-0.05, 0) is 54.7 Å². The average molecular weight is 407 g/mol. The molecule has 2 N–H and O–H groups in total. The Morgan fingerprint density at radius 1 is 1.10 bits per heavy atom. The second kappa shape index (κ2) is 8.14. The molecule has 3 aromatic rings. The summed E-state index contributed by atoms with van der Waals surface area (Å²) in [4.78, 5) is 19.4. The summed E-state index contributed by atoms with van der Waals surface area (Å²) in [5.41, 5.74) is 2.09. The Hall–Kier alpha value is -2.80. The molecule has 0 bridgehead atoms. The van der Waals surface area contributed by atoms with Gasteiger partial charge in [0, 0.05) is 48.9 Å². The summed E-state index contributed by atoms with van der Waals surface area (Å²) in [5.74, 6) is 1.26. The number of hydrogen-bond donors (Lipinski definition) is 2. The minimum Gasteiger partial charge on any atom is -0.310 e. The maximum Gasteiger partial charge on any atom is 0.228 e. The van der Waals surface area contributed by atoms with Crippen LogP contribution in [0.4, 0.5) is 10.2 Å². The highest BCUT2D eigenvalue weighted by Crippen LogP contribution is 2.31. The summed E-state index contributed by atoms with van der Waals surface area (Å²) >= 11 is 0. The zero-order valence-electron chi connectivity index (χ0n) is 16.9. The van der Waals surface area contributed by atoms with Gasteiger partial charge in [-0.15, -0.1) is 0 Å². The van der Waals surface area contributed by atoms with E-state index in [1.807, 2.05) is 24.4 Å². The van der Waals surface area contributed by atoms with Gasteiger partial charge in [0.05, 0.1) is 6.20 Å². The Balaban J connectivity index is 1.20. The van der Waals surface area contributed by atoms with Gasteiger partial charge >= 0.3 is 0 Å². The Bertz CT molecular complexity index is 1020. The molecule has 2 aliphatic rings. The van der Waals surface area contributed by atoms with E-state index in [0.29, 0.717) is 24.8 Å². The number of pyridine rings is 1. The quantitative estimate of drug-likeness (QED) is 0.670. The molecule has 7 heteroatoms. The van der Waals surface area contributed by atoms with Crippen LogP contribution in [0.25, 0.3) is 21.9 Å². The molecule has 1 aliphatic heterocycles. The Kier molecular flexibility index (Phi) is 5.21. The number of carbonyl (C=O) groups excluding carboxylic acids is 1. The number of halogens is 1. The third-order valence-electron chi connectivity index (χ3n) is 6.45. The van der Waals surface area contributed by atoms with Gasteiger partial charge in [-0.3, -0.25) is 14.8 Å². The summed E-state index contributed by atoms with van der Waals surface area (Å²) < 4.78 is 13.0. The molecule has 5 rings (SSSR count). The molecule has 156 valence electrons. The molecular formula is C23H26FN5O. The van der Waals surface area contributed by atoms with Gasteiger partial charge in [0.2, 0.25) is 5.91 Å². The predicted octanol–water partition coefficient (Wildman–Crippen LogP) is 4.02. The Morgan fingerprint density at radius 3 is 2.67 bits per heavy atom. The molecule has 2 fully saturated rings. The lowest BCUT2D eigenvalue weighted by atomic mass is 9.81. The van der Waals surface area contributed by atoms with Gasteiger partial charge in [0.15, 0.2) is 0 Å². The first-order valence-corrected chi connectivity index (χ1v) is 10.7. The fourth-order valence-electron chi connectivity index (χ4n) is 4.65. The molecule has 0 unspecified atom stereocenters. The number of hydrogen-bond acceptors (Lipinski definition) is 4. The number of rotatable bonds is 5. The molecule has 1 saturated heterocycles. The number of carbonyl (C=O) groups is 1. The van der Waals surface area contributed by atoms with Crippen molar-refractivity contribution in [3.63, 3.8) is 0 Å². The van der Waals surface area contributed by atoms with E-state index in [1.54, 1.807) is 12.4 Å². The van der Waals surface area contributed by atoms with Crippen LogP contribution in [0.5, 0.6) is 0 Å². The molecule has 30 heavy (non-hydrogen) atoms. The number of anilines is 1. The summed E-state index contributed by atoms with van der Waals surface area (Å²) in [7, 11) is 0. The van der Waals surface area contributed by atoms with E-state index in [4.69, 9.17) is 0 Å². The number of likely N-dealkylation sites (tertiary alicyclic amines) is 1. The lowest BCUT2D eigenvalue weighted by molar-refractivity contribution is -0.121. The monoisotopic (exact) mass is 407 g/mol. The van der Waals surface area contributed by atoms with Crippen LogP contribution in [0.3, 0.4) is 0 Å². The van der Waals surface area contributed by atoms with Crippen molar-refractivity contribution in [2.75, 3.05) is 25.0 Å². The van der Waals surface area contributed by atoms with Gasteiger partial charge in [0.1, 0.15) is 12.0 Å². The molecule has 1 aliphatic carbocycles. The maximum absolute atomic E-state index is 13.0. The van der Waals surface area contributed by atoms with Gasteiger partial charge < -0.3 is 5.32 Å². The van der Waals surface area contributed by atoms with E-state index in [1.165, 1.54) is 0 Å². The van der Waals surface area contributed by atoms with Gasteiger partial charge in [-0.25, -0.2) is 9.37 Å². The van der Waals surface area contributed by atoms with E-state index < -0.39 is 6.17 Å². The van der Waals surface area contributed by atoms with Crippen LogP contribution in [0.2, 0.25) is 0 Å². The van der Waals surface area contributed by atoms with Crippen molar-refractivity contribution in [2.45, 2.75) is 31.9 Å². The van der Waals surface area contributed by atoms with E-state index in [0.717, 1.165) is 54.1 Å². The van der Waals surface area contributed by atoms with E-state index in [9.17, 15) is 9.18 Å². The minimum absolute atomic E-state index is 0.0290. The summed E-state index contributed by atoms with van der Waals surface area (Å²) in [6, 6.07) is 8.08. The number of nitrogens with zero attached hydrogens (tertiary/aromatic N) is 3. The number of aromatic amines is 1. The van der Waals surface area contributed by atoms with Crippen LogP contribution >= 0.6 is 0 Å². The Morgan fingerprint density at radius 2 is 1.93 bits per heavy atom. The summed E-state index contributed by atoms with van der Waals surface area (Å²) in [6.07, 6.45) is 8.65. The third-order valence-corrected chi connectivity index (χ3v) is 6.45. The number of H-pyrrole nitrogens is 1. The third kappa shape index (κ3) is 4.07. The van der Waals surface area contributed by atoms with Crippen molar-refractivity contribution in [1.29, 1.82) is 0 Å². The highest BCUT2D eigenvalue weighted by molar-refractivity contribution is 5.95. The van der Waals surface area contributed by atoms with E-state index in [-0.39, 0.29) is 11.8 Å². The first kappa shape index (κ1) is 19.2. The van der Waals surface area contributed by atoms with Crippen LogP contribution in [0.1, 0.15) is 25.7 Å². The fourth-order valence-corrected chi connectivity index (χ4v) is 4.65. The van der Waals surface area contributed by atoms with Crippen molar-refractivity contribution < 1.29 is 9.18 Å². The first-order valence-electron chi connectivity index (χ1n) is 10.7. The number of amides is 1. The van der Waals surface area contributed by atoms with Crippen LogP contribution in [-0.4, -0.2) is 51.8 Å². The highest BCUT2D eigenvalue weighted by Gasteiger charge is 2.31. The second-order valence-electron chi connectivity index (χ2n) is 8.64. The van der Waals surface area contributed by atoms with E-state index in [2.05, 4.69) is 31.5 Å². The molecule has 0 atom stereocenters. The summed E-state index contributed by atoms with van der Waals surface area (Å²) in [6.45, 7) is 2.13. The minimum atomic E-state index is -0.641. The second-order valence-corrected chi connectivity index (χ2v) is 8.64. The molecule has 0 spiro atoms. The van der Waals surface area contributed by atoms with Crippen molar-refractivity contribution in [1.82, 2.24) is 20.1 Å². The van der Waals surface area contributed by atoms with Gasteiger partial charge in [0.25, 0.3) is 0 Å². The predicted molar refractivity (Wildman–Crippen MR) is 115 cm³/mol. The fraction of sp³-hybridized carbons (Fsp3) is 0.435. The zero-order valence-corrected chi connectivity index (χ0v) is 16.9. The van der Waals surface area contributed by atoms with Gasteiger partial charge in [-0.2, -0.15) is 5.10 Å². The first-order chi connectivity index (χ1) is 14.6. The van der Waals surface area contributed by atoms with Crippen LogP contribution < -0.4 is 5.32 Å². The highest BCUT2D eigenvalue weighted by atomic mass is 19.1. The zero-order chi connectivity index (χ0) is 20.5. The van der Waals surface area contributed by atoms with Crippen molar-refractivity contribution in [3.8, 4) is 11.1 Å². The molecule has 0 radical (unpaired) electrons. The number of alkyl halides is 1. The number of fused-ring (bicyclic) bond motifs is 1. The lowest BCUT2D eigenvalue weighted by Crippen LogP contribution is -2.50. The molecule has 3 heterocycles. The summed E-state index contributed by atoms with van der Waals surface area (Å²) in [5, 5.41) is 11.9. The van der Waals surface area contributed by atoms with E-state index >= 15 is 0 Å². The standard InChI is InChI=1S/C23H26FN5O/c24-21-13-29(14-21)12-15-1-3-16(4-2-15)23(30)28-22-8-19-7-17(20-10-26-27-11-20)5-6-18(19)9-25-22/h5-11,15-16,21H,1-4,12-14H2,(H,26,27)(H,25,28,30)/t15-,16-. The number of benzene rings is 1. The van der Waals surface area contributed by atoms with Crippen LogP contribution in [0.15, 0.2) is 42.9 Å². The Labute approximate surface area is 174 Å². The molecule has 1 aromatic carbocycles. The number of aromatic nitrogens is 3. The molecule has 2 aromatic heterocycles. The van der Waals surface area contributed by atoms with Gasteiger partial charge in [-0.1, -0.05) is 12.1 Å². The largest absolute Gasteiger partial charge is 0.310 e. The maximum atomic E-state index is 13.0. The molecule has 1 amide bonds. The molecule has 1 saturated carbocycles. The number of nitrogens with one attached hydrogen (secondary N) is 2. The van der Waals surface area contributed by atoms with Crippen LogP contribution in [0, 0.1) is 11.8 Å². The normalized spacial score (nSPS) is 22.7.